The number of carbonyl (C=O) groups is 1. The maximum Gasteiger partial charge on any atom is 0.307 e. The van der Waals surface area contributed by atoms with Crippen LogP contribution < -0.4 is 0 Å². The van der Waals surface area contributed by atoms with Gasteiger partial charge in [-0.2, -0.15) is 5.26 Å². The molecule has 1 aromatic carbocycles. The van der Waals surface area contributed by atoms with Gasteiger partial charge in [-0.3, -0.25) is 9.69 Å². The molecule has 1 heterocycles. The van der Waals surface area contributed by atoms with Crippen molar-refractivity contribution in [1.29, 1.82) is 5.26 Å². The van der Waals surface area contributed by atoms with Crippen molar-refractivity contribution in [2.75, 3.05) is 32.7 Å². The van der Waals surface area contributed by atoms with Crippen molar-refractivity contribution in [2.45, 2.75) is 19.9 Å². The molecular formula is C17H23N3O2. The lowest BCUT2D eigenvalue weighted by Gasteiger charge is -2.23. The number of benzene rings is 1. The molecule has 2 rings (SSSR count). The Morgan fingerprint density at radius 1 is 1.32 bits per heavy atom. The molecule has 0 amide bonds. The molecule has 1 N–H and O–H groups in total. The first-order valence-corrected chi connectivity index (χ1v) is 7.75. The standard InChI is InChI=1S/C17H23N3O2/c1-14(17(21)22)12-19-6-3-7-20(9-8-19)13-16-5-2-4-15(10-16)11-18/h2,4-5,10,14H,3,6-9,12-13H2,1H3,(H,21,22). The topological polar surface area (TPSA) is 67.6 Å². The molecule has 118 valence electrons. The number of hydrogen-bond donors (Lipinski definition) is 1. The predicted molar refractivity (Wildman–Crippen MR) is 84.3 cm³/mol. The summed E-state index contributed by atoms with van der Waals surface area (Å²) >= 11 is 0. The second kappa shape index (κ2) is 7.92. The van der Waals surface area contributed by atoms with Crippen molar-refractivity contribution in [1.82, 2.24) is 9.80 Å². The fourth-order valence-electron chi connectivity index (χ4n) is 2.83. The van der Waals surface area contributed by atoms with Gasteiger partial charge in [0.15, 0.2) is 0 Å². The van der Waals surface area contributed by atoms with E-state index in [9.17, 15) is 4.79 Å². The largest absolute Gasteiger partial charge is 0.481 e. The van der Waals surface area contributed by atoms with Crippen LogP contribution in [0, 0.1) is 17.2 Å². The molecule has 0 aliphatic carbocycles. The zero-order valence-corrected chi connectivity index (χ0v) is 13.0. The van der Waals surface area contributed by atoms with Gasteiger partial charge < -0.3 is 10.0 Å². The molecule has 5 nitrogen and oxygen atoms in total. The summed E-state index contributed by atoms with van der Waals surface area (Å²) in [4.78, 5) is 15.6. The van der Waals surface area contributed by atoms with E-state index in [1.54, 1.807) is 6.92 Å². The summed E-state index contributed by atoms with van der Waals surface area (Å²) in [6.45, 7) is 7.02. The molecule has 0 saturated carbocycles. The zero-order valence-electron chi connectivity index (χ0n) is 13.0. The molecule has 0 spiro atoms. The number of carboxylic acids is 1. The smallest absolute Gasteiger partial charge is 0.307 e. The second-order valence-electron chi connectivity index (χ2n) is 5.98. The van der Waals surface area contributed by atoms with Crippen molar-refractivity contribution in [3.63, 3.8) is 0 Å². The number of aliphatic carboxylic acids is 1. The number of nitriles is 1. The number of rotatable bonds is 5. The molecule has 0 aromatic heterocycles. The van der Waals surface area contributed by atoms with Gasteiger partial charge in [-0.15, -0.1) is 0 Å². The van der Waals surface area contributed by atoms with Crippen LogP contribution in [0.15, 0.2) is 24.3 Å². The minimum absolute atomic E-state index is 0.320. The van der Waals surface area contributed by atoms with E-state index in [4.69, 9.17) is 10.4 Å². The summed E-state index contributed by atoms with van der Waals surface area (Å²) in [6.07, 6.45) is 1.05. The van der Waals surface area contributed by atoms with Crippen LogP contribution in [0.5, 0.6) is 0 Å². The Bertz CT molecular complexity index is 553. The van der Waals surface area contributed by atoms with Gasteiger partial charge in [0, 0.05) is 26.2 Å². The second-order valence-corrected chi connectivity index (χ2v) is 5.98. The van der Waals surface area contributed by atoms with Gasteiger partial charge in [0.1, 0.15) is 0 Å². The summed E-state index contributed by atoms with van der Waals surface area (Å²) in [7, 11) is 0. The van der Waals surface area contributed by atoms with E-state index in [2.05, 4.69) is 21.9 Å². The molecule has 1 atom stereocenters. The zero-order chi connectivity index (χ0) is 15.9. The fraction of sp³-hybridized carbons (Fsp3) is 0.529. The Morgan fingerprint density at radius 3 is 2.77 bits per heavy atom. The van der Waals surface area contributed by atoms with E-state index in [-0.39, 0.29) is 5.92 Å². The lowest BCUT2D eigenvalue weighted by Crippen LogP contribution is -2.35. The molecule has 1 fully saturated rings. The lowest BCUT2D eigenvalue weighted by atomic mass is 10.1. The summed E-state index contributed by atoms with van der Waals surface area (Å²) in [6, 6.07) is 9.91. The van der Waals surface area contributed by atoms with E-state index < -0.39 is 5.97 Å². The van der Waals surface area contributed by atoms with Crippen LogP contribution in [-0.4, -0.2) is 53.6 Å². The molecular weight excluding hydrogens is 278 g/mol. The lowest BCUT2D eigenvalue weighted by molar-refractivity contribution is -0.141. The molecule has 1 aromatic rings. The van der Waals surface area contributed by atoms with Crippen molar-refractivity contribution < 1.29 is 9.90 Å². The molecule has 1 unspecified atom stereocenters. The normalized spacial score (nSPS) is 18.4. The highest BCUT2D eigenvalue weighted by Crippen LogP contribution is 2.12. The van der Waals surface area contributed by atoms with E-state index in [0.717, 1.165) is 44.7 Å². The Labute approximate surface area is 131 Å². The van der Waals surface area contributed by atoms with Crippen LogP contribution in [0.1, 0.15) is 24.5 Å². The summed E-state index contributed by atoms with van der Waals surface area (Å²) < 4.78 is 0. The van der Waals surface area contributed by atoms with Gasteiger partial charge in [-0.25, -0.2) is 0 Å². The van der Waals surface area contributed by atoms with Gasteiger partial charge in [0.05, 0.1) is 17.6 Å². The third-order valence-electron chi connectivity index (χ3n) is 4.10. The number of nitrogens with zero attached hydrogens (tertiary/aromatic N) is 3. The van der Waals surface area contributed by atoms with Gasteiger partial charge in [0.25, 0.3) is 0 Å². The van der Waals surface area contributed by atoms with Crippen molar-refractivity contribution >= 4 is 5.97 Å². The summed E-state index contributed by atoms with van der Waals surface area (Å²) in [5.41, 5.74) is 1.86. The van der Waals surface area contributed by atoms with Crippen molar-refractivity contribution in [2.24, 2.45) is 5.92 Å². The average molecular weight is 301 g/mol. The SMILES string of the molecule is CC(CN1CCCN(Cc2cccc(C#N)c2)CC1)C(=O)O. The highest BCUT2D eigenvalue weighted by Gasteiger charge is 2.19. The highest BCUT2D eigenvalue weighted by atomic mass is 16.4. The first-order chi connectivity index (χ1) is 10.6. The summed E-state index contributed by atoms with van der Waals surface area (Å²) in [5, 5.41) is 18.0. The Balaban J connectivity index is 1.87. The third kappa shape index (κ3) is 4.83. The molecule has 0 radical (unpaired) electrons. The monoisotopic (exact) mass is 301 g/mol. The first-order valence-electron chi connectivity index (χ1n) is 7.75. The number of hydrogen-bond acceptors (Lipinski definition) is 4. The van der Waals surface area contributed by atoms with Gasteiger partial charge >= 0.3 is 5.97 Å². The van der Waals surface area contributed by atoms with Crippen molar-refractivity contribution in [3.8, 4) is 6.07 Å². The van der Waals surface area contributed by atoms with Crippen molar-refractivity contribution in [3.05, 3.63) is 35.4 Å². The quantitative estimate of drug-likeness (QED) is 0.898. The van der Waals surface area contributed by atoms with Crippen LogP contribution in [0.4, 0.5) is 0 Å². The van der Waals surface area contributed by atoms with E-state index in [0.29, 0.717) is 12.1 Å². The predicted octanol–water partition coefficient (Wildman–Crippen LogP) is 1.79. The Hall–Kier alpha value is -1.90. The first kappa shape index (κ1) is 16.5. The van der Waals surface area contributed by atoms with E-state index in [1.807, 2.05) is 18.2 Å². The maximum atomic E-state index is 11.0. The molecule has 5 heteroatoms. The van der Waals surface area contributed by atoms with Crippen LogP contribution in [-0.2, 0) is 11.3 Å². The minimum atomic E-state index is -0.727. The molecule has 1 aliphatic heterocycles. The Kier molecular flexibility index (Phi) is 5.93. The van der Waals surface area contributed by atoms with E-state index >= 15 is 0 Å². The van der Waals surface area contributed by atoms with Crippen LogP contribution in [0.25, 0.3) is 0 Å². The van der Waals surface area contributed by atoms with E-state index in [1.165, 1.54) is 0 Å². The Morgan fingerprint density at radius 2 is 2.05 bits per heavy atom. The van der Waals surface area contributed by atoms with Gasteiger partial charge in [-0.05, 0) is 37.2 Å². The fourth-order valence-corrected chi connectivity index (χ4v) is 2.83. The third-order valence-corrected chi connectivity index (χ3v) is 4.10. The van der Waals surface area contributed by atoms with Gasteiger partial charge in [0.2, 0.25) is 0 Å². The minimum Gasteiger partial charge on any atom is -0.481 e. The maximum absolute atomic E-state index is 11.0. The van der Waals surface area contributed by atoms with Crippen LogP contribution in [0.3, 0.4) is 0 Å². The van der Waals surface area contributed by atoms with Crippen LogP contribution in [0.2, 0.25) is 0 Å². The van der Waals surface area contributed by atoms with Gasteiger partial charge in [-0.1, -0.05) is 19.1 Å². The van der Waals surface area contributed by atoms with Crippen LogP contribution >= 0.6 is 0 Å². The molecule has 1 aliphatic rings. The highest BCUT2D eigenvalue weighted by molar-refractivity contribution is 5.69. The molecule has 0 bridgehead atoms. The molecule has 1 saturated heterocycles. The average Bonchev–Trinajstić information content (AvgIpc) is 2.73. The molecule has 22 heavy (non-hydrogen) atoms. The summed E-state index contributed by atoms with van der Waals surface area (Å²) in [5.74, 6) is -1.05. The number of carboxylic acid groups (broad SMARTS) is 1.